The van der Waals surface area contributed by atoms with Crippen LogP contribution in [0.2, 0.25) is 0 Å². The van der Waals surface area contributed by atoms with Gasteiger partial charge in [0.2, 0.25) is 0 Å². The molecule has 0 aliphatic carbocycles. The van der Waals surface area contributed by atoms with E-state index in [9.17, 15) is 4.79 Å². The van der Waals surface area contributed by atoms with Gasteiger partial charge in [-0.15, -0.1) is 0 Å². The highest BCUT2D eigenvalue weighted by Crippen LogP contribution is 2.33. The van der Waals surface area contributed by atoms with E-state index in [0.29, 0.717) is 5.75 Å². The molecule has 0 saturated heterocycles. The standard InChI is InChI=1S/C19H22O3/c1-4-5-8-15-9-6-7-10-17(15)16-11-12-18(22-19(20)21)14(3)13(16)2/h6-7,9-12H,4-5,8H2,1-3H3,(H,20,21). The second-order valence-electron chi connectivity index (χ2n) is 5.49. The van der Waals surface area contributed by atoms with Gasteiger partial charge in [-0.3, -0.25) is 0 Å². The molecule has 0 spiro atoms. The highest BCUT2D eigenvalue weighted by Gasteiger charge is 2.13. The van der Waals surface area contributed by atoms with E-state index in [1.54, 1.807) is 6.07 Å². The fourth-order valence-corrected chi connectivity index (χ4v) is 2.66. The van der Waals surface area contributed by atoms with Gasteiger partial charge in [-0.1, -0.05) is 43.7 Å². The maximum atomic E-state index is 10.7. The Hall–Kier alpha value is -2.29. The first-order valence-corrected chi connectivity index (χ1v) is 7.63. The SMILES string of the molecule is CCCCc1ccccc1-c1ccc(OC(=O)O)c(C)c1C. The maximum absolute atomic E-state index is 10.7. The summed E-state index contributed by atoms with van der Waals surface area (Å²) in [6, 6.07) is 12.1. The van der Waals surface area contributed by atoms with E-state index in [-0.39, 0.29) is 0 Å². The third kappa shape index (κ3) is 3.48. The van der Waals surface area contributed by atoms with Crippen LogP contribution in [0.15, 0.2) is 36.4 Å². The molecular weight excluding hydrogens is 276 g/mol. The first kappa shape index (κ1) is 16.1. The Labute approximate surface area is 131 Å². The molecule has 22 heavy (non-hydrogen) atoms. The predicted octanol–water partition coefficient (Wildman–Crippen LogP) is 5.37. The van der Waals surface area contributed by atoms with Crippen LogP contribution in [0.25, 0.3) is 11.1 Å². The molecule has 2 aromatic rings. The van der Waals surface area contributed by atoms with Crippen LogP contribution in [0.1, 0.15) is 36.5 Å². The number of rotatable bonds is 5. The molecule has 0 aliphatic heterocycles. The maximum Gasteiger partial charge on any atom is 0.511 e. The molecule has 0 amide bonds. The van der Waals surface area contributed by atoms with Gasteiger partial charge in [0.05, 0.1) is 0 Å². The molecule has 0 bridgehead atoms. The van der Waals surface area contributed by atoms with Gasteiger partial charge in [-0.05, 0) is 60.6 Å². The summed E-state index contributed by atoms with van der Waals surface area (Å²) in [5, 5.41) is 8.79. The summed E-state index contributed by atoms with van der Waals surface area (Å²) in [5.41, 5.74) is 5.62. The molecule has 0 aliphatic rings. The topological polar surface area (TPSA) is 46.5 Å². The number of hydrogen-bond acceptors (Lipinski definition) is 2. The van der Waals surface area contributed by atoms with E-state index in [0.717, 1.165) is 36.0 Å². The lowest BCUT2D eigenvalue weighted by molar-refractivity contribution is 0.144. The monoisotopic (exact) mass is 298 g/mol. The van der Waals surface area contributed by atoms with E-state index in [1.807, 2.05) is 26.0 Å². The molecule has 0 fully saturated rings. The molecule has 116 valence electrons. The fraction of sp³-hybridized carbons (Fsp3) is 0.316. The molecule has 3 nitrogen and oxygen atoms in total. The normalized spacial score (nSPS) is 10.5. The van der Waals surface area contributed by atoms with Gasteiger partial charge in [-0.25, -0.2) is 4.79 Å². The number of benzene rings is 2. The molecule has 0 radical (unpaired) electrons. The molecule has 3 heteroatoms. The van der Waals surface area contributed by atoms with Crippen molar-refractivity contribution in [2.45, 2.75) is 40.0 Å². The second kappa shape index (κ2) is 7.12. The third-order valence-corrected chi connectivity index (χ3v) is 4.04. The first-order valence-electron chi connectivity index (χ1n) is 7.63. The van der Waals surface area contributed by atoms with Gasteiger partial charge in [0.25, 0.3) is 0 Å². The van der Waals surface area contributed by atoms with E-state index in [1.165, 1.54) is 11.1 Å². The van der Waals surface area contributed by atoms with Crippen LogP contribution < -0.4 is 4.74 Å². The molecule has 0 unspecified atom stereocenters. The molecule has 1 N–H and O–H groups in total. The summed E-state index contributed by atoms with van der Waals surface area (Å²) in [4.78, 5) is 10.7. The number of carboxylic acid groups (broad SMARTS) is 1. The molecule has 0 atom stereocenters. The highest BCUT2D eigenvalue weighted by atomic mass is 16.7. The Bertz CT molecular complexity index is 674. The number of carbonyl (C=O) groups is 1. The third-order valence-electron chi connectivity index (χ3n) is 4.04. The molecule has 2 aromatic carbocycles. The minimum absolute atomic E-state index is 0.403. The first-order chi connectivity index (χ1) is 10.5. The van der Waals surface area contributed by atoms with Crippen molar-refractivity contribution in [3.05, 3.63) is 53.1 Å². The smallest absolute Gasteiger partial charge is 0.449 e. The van der Waals surface area contributed by atoms with Crippen LogP contribution in [-0.2, 0) is 6.42 Å². The number of aryl methyl sites for hydroxylation is 1. The molecule has 0 aromatic heterocycles. The summed E-state index contributed by atoms with van der Waals surface area (Å²) >= 11 is 0. The largest absolute Gasteiger partial charge is 0.511 e. The quantitative estimate of drug-likeness (QED) is 0.596. The van der Waals surface area contributed by atoms with E-state index >= 15 is 0 Å². The van der Waals surface area contributed by atoms with Crippen LogP contribution in [-0.4, -0.2) is 11.3 Å². The average molecular weight is 298 g/mol. The lowest BCUT2D eigenvalue weighted by Gasteiger charge is -2.15. The van der Waals surface area contributed by atoms with E-state index in [4.69, 9.17) is 9.84 Å². The van der Waals surface area contributed by atoms with Crippen molar-refractivity contribution < 1.29 is 14.6 Å². The zero-order valence-corrected chi connectivity index (χ0v) is 13.3. The molecular formula is C19H22O3. The van der Waals surface area contributed by atoms with Gasteiger partial charge >= 0.3 is 6.16 Å². The Morgan fingerprint density at radius 1 is 1.05 bits per heavy atom. The van der Waals surface area contributed by atoms with Gasteiger partial charge in [0, 0.05) is 0 Å². The summed E-state index contributed by atoms with van der Waals surface area (Å²) < 4.78 is 4.83. The number of hydrogen-bond donors (Lipinski definition) is 1. The summed E-state index contributed by atoms with van der Waals surface area (Å²) in [6.45, 7) is 6.10. The fourth-order valence-electron chi connectivity index (χ4n) is 2.66. The Kier molecular flexibility index (Phi) is 5.21. The summed E-state index contributed by atoms with van der Waals surface area (Å²) in [6.07, 6.45) is 2.10. The van der Waals surface area contributed by atoms with Crippen LogP contribution in [0.3, 0.4) is 0 Å². The summed E-state index contributed by atoms with van der Waals surface area (Å²) in [5.74, 6) is 0.403. The second-order valence-corrected chi connectivity index (χ2v) is 5.49. The molecule has 0 saturated carbocycles. The minimum Gasteiger partial charge on any atom is -0.449 e. The van der Waals surface area contributed by atoms with Crippen LogP contribution >= 0.6 is 0 Å². The lowest BCUT2D eigenvalue weighted by Crippen LogP contribution is -2.05. The van der Waals surface area contributed by atoms with Gasteiger partial charge in [-0.2, -0.15) is 0 Å². The van der Waals surface area contributed by atoms with Crippen molar-refractivity contribution in [1.29, 1.82) is 0 Å². The van der Waals surface area contributed by atoms with Crippen molar-refractivity contribution in [1.82, 2.24) is 0 Å². The van der Waals surface area contributed by atoms with Crippen LogP contribution in [0.4, 0.5) is 4.79 Å². The number of ether oxygens (including phenoxy) is 1. The van der Waals surface area contributed by atoms with Gasteiger partial charge < -0.3 is 9.84 Å². The van der Waals surface area contributed by atoms with Crippen molar-refractivity contribution in [2.75, 3.05) is 0 Å². The minimum atomic E-state index is -1.28. The van der Waals surface area contributed by atoms with E-state index in [2.05, 4.69) is 25.1 Å². The Morgan fingerprint density at radius 3 is 2.45 bits per heavy atom. The van der Waals surface area contributed by atoms with Crippen molar-refractivity contribution in [3.63, 3.8) is 0 Å². The van der Waals surface area contributed by atoms with E-state index < -0.39 is 6.16 Å². The number of unbranched alkanes of at least 4 members (excludes halogenated alkanes) is 1. The van der Waals surface area contributed by atoms with Crippen molar-refractivity contribution in [3.8, 4) is 16.9 Å². The van der Waals surface area contributed by atoms with Crippen LogP contribution in [0, 0.1) is 13.8 Å². The van der Waals surface area contributed by atoms with Crippen molar-refractivity contribution >= 4 is 6.16 Å². The Morgan fingerprint density at radius 2 is 1.77 bits per heavy atom. The average Bonchev–Trinajstić information content (AvgIpc) is 2.50. The predicted molar refractivity (Wildman–Crippen MR) is 88.6 cm³/mol. The zero-order valence-electron chi connectivity index (χ0n) is 13.3. The van der Waals surface area contributed by atoms with Gasteiger partial charge in [0.1, 0.15) is 5.75 Å². The Balaban J connectivity index is 2.45. The zero-order chi connectivity index (χ0) is 16.1. The molecule has 2 rings (SSSR count). The summed E-state index contributed by atoms with van der Waals surface area (Å²) in [7, 11) is 0. The van der Waals surface area contributed by atoms with Crippen molar-refractivity contribution in [2.24, 2.45) is 0 Å². The highest BCUT2D eigenvalue weighted by molar-refractivity contribution is 5.74. The lowest BCUT2D eigenvalue weighted by atomic mass is 9.91. The van der Waals surface area contributed by atoms with Gasteiger partial charge in [0.15, 0.2) is 0 Å². The van der Waals surface area contributed by atoms with Crippen LogP contribution in [0.5, 0.6) is 5.75 Å². The molecule has 0 heterocycles.